The molecule has 2 aliphatic rings. The molecule has 2 aliphatic heterocycles. The van der Waals surface area contributed by atoms with Crippen molar-refractivity contribution in [2.24, 2.45) is 12.2 Å². The predicted octanol–water partition coefficient (Wildman–Crippen LogP) is -1.17. The van der Waals surface area contributed by atoms with E-state index in [1.807, 2.05) is 0 Å². The van der Waals surface area contributed by atoms with Gasteiger partial charge in [0, 0.05) is 42.3 Å². The SMILES string of the molecule is Cn1nnnc1SCC1=C(C(=O)O)N2C(=O)[C@@H](NC(=O)/C(=N\OCc3cc(-c4cc(=O)c([O-])cn4O)no3)c3csc(N)n3)[C@H]2SC1. The number of fused-ring (bicyclic) bond motifs is 1. The minimum atomic E-state index is -1.28. The summed E-state index contributed by atoms with van der Waals surface area (Å²) in [5.41, 5.74) is 4.84. The van der Waals surface area contributed by atoms with E-state index < -0.39 is 40.4 Å². The Bertz CT molecular complexity index is 2020. The van der Waals surface area contributed by atoms with Gasteiger partial charge in [-0.25, -0.2) is 14.5 Å². The van der Waals surface area contributed by atoms with Crippen LogP contribution in [0.3, 0.4) is 0 Å². The van der Waals surface area contributed by atoms with Crippen molar-refractivity contribution < 1.29 is 39.2 Å². The fraction of sp³-hybridized carbons (Fsp3) is 0.250. The summed E-state index contributed by atoms with van der Waals surface area (Å²) in [5.74, 6) is -3.09. The average molecular weight is 703 g/mol. The molecule has 2 atom stereocenters. The van der Waals surface area contributed by atoms with Gasteiger partial charge in [0.05, 0.1) is 0 Å². The lowest BCUT2D eigenvalue weighted by Crippen LogP contribution is -2.71. The first-order chi connectivity index (χ1) is 22.5. The zero-order valence-corrected chi connectivity index (χ0v) is 26.1. The molecule has 6 heterocycles. The first-order valence-electron chi connectivity index (χ1n) is 13.1. The van der Waals surface area contributed by atoms with Crippen LogP contribution < -0.4 is 21.6 Å². The second-order valence-electron chi connectivity index (χ2n) is 9.69. The van der Waals surface area contributed by atoms with Crippen LogP contribution in [-0.2, 0) is 32.9 Å². The van der Waals surface area contributed by atoms with E-state index >= 15 is 0 Å². The maximum absolute atomic E-state index is 13.4. The number of carbonyl (C=O) groups is 3. The maximum atomic E-state index is 13.4. The Labute approximate surface area is 273 Å². The number of carboxylic acids is 1. The molecular weight excluding hydrogens is 683 g/mol. The maximum Gasteiger partial charge on any atom is 0.352 e. The second kappa shape index (κ2) is 12.8. The molecule has 4 aromatic heterocycles. The normalized spacial score (nSPS) is 17.8. The highest BCUT2D eigenvalue weighted by atomic mass is 32.2. The van der Waals surface area contributed by atoms with Gasteiger partial charge in [0.25, 0.3) is 11.8 Å². The summed E-state index contributed by atoms with van der Waals surface area (Å²) in [4.78, 5) is 61.0. The summed E-state index contributed by atoms with van der Waals surface area (Å²) >= 11 is 3.54. The number of amides is 2. The summed E-state index contributed by atoms with van der Waals surface area (Å²) in [6.45, 7) is -0.370. The monoisotopic (exact) mass is 702 g/mol. The van der Waals surface area contributed by atoms with Gasteiger partial charge in [-0.15, -0.1) is 28.2 Å². The molecule has 244 valence electrons. The van der Waals surface area contributed by atoms with Crippen molar-refractivity contribution in [3.63, 3.8) is 0 Å². The smallest absolute Gasteiger partial charge is 0.352 e. The molecule has 23 heteroatoms. The second-order valence-corrected chi connectivity index (χ2v) is 12.6. The third-order valence-corrected chi connectivity index (χ3v) is 9.76. The number of rotatable bonds is 11. The molecular formula is C24H20N11O9S3-. The number of hydrogen-bond donors (Lipinski definition) is 4. The number of carbonyl (C=O) groups excluding carboxylic acids is 2. The Morgan fingerprint density at radius 2 is 2.15 bits per heavy atom. The predicted molar refractivity (Wildman–Crippen MR) is 160 cm³/mol. The lowest BCUT2D eigenvalue weighted by atomic mass is 10.0. The number of tetrazole rings is 1. The molecule has 0 radical (unpaired) electrons. The molecule has 0 aromatic carbocycles. The molecule has 0 unspecified atom stereocenters. The number of nitrogens with one attached hydrogen (secondary N) is 1. The summed E-state index contributed by atoms with van der Waals surface area (Å²) in [5, 5.41) is 54.1. The zero-order valence-electron chi connectivity index (χ0n) is 23.7. The number of thioether (sulfide) groups is 2. The zero-order chi connectivity index (χ0) is 33.4. The van der Waals surface area contributed by atoms with E-state index in [0.717, 1.165) is 22.3 Å². The Hall–Kier alpha value is -5.42. The number of oxime groups is 1. The first-order valence-corrected chi connectivity index (χ1v) is 16.0. The van der Waals surface area contributed by atoms with Crippen LogP contribution in [0.25, 0.3) is 11.4 Å². The largest absolute Gasteiger partial charge is 0.869 e. The number of nitrogen functional groups attached to an aromatic ring is 1. The molecule has 5 N–H and O–H groups in total. The number of pyridine rings is 1. The molecule has 1 saturated heterocycles. The summed E-state index contributed by atoms with van der Waals surface area (Å²) in [6.07, 6.45) is 0.686. The molecule has 20 nitrogen and oxygen atoms in total. The van der Waals surface area contributed by atoms with Gasteiger partial charge in [0.15, 0.2) is 28.6 Å². The Kier molecular flexibility index (Phi) is 8.57. The molecule has 0 spiro atoms. The lowest BCUT2D eigenvalue weighted by Gasteiger charge is -2.49. The number of thiazole rings is 1. The van der Waals surface area contributed by atoms with E-state index in [2.05, 4.69) is 36.1 Å². The average Bonchev–Trinajstić information content (AvgIpc) is 3.79. The topological polar surface area (TPSA) is 282 Å². The fourth-order valence-corrected chi connectivity index (χ4v) is 7.34. The molecule has 0 bridgehead atoms. The summed E-state index contributed by atoms with van der Waals surface area (Å²) < 4.78 is 7.01. The van der Waals surface area contributed by atoms with Gasteiger partial charge < -0.3 is 35.8 Å². The number of nitrogens with two attached hydrogens (primary N) is 1. The van der Waals surface area contributed by atoms with Crippen molar-refractivity contribution in [1.29, 1.82) is 0 Å². The Morgan fingerprint density at radius 1 is 1.34 bits per heavy atom. The highest BCUT2D eigenvalue weighted by molar-refractivity contribution is 8.01. The van der Waals surface area contributed by atoms with E-state index in [1.54, 1.807) is 7.05 Å². The minimum absolute atomic E-state index is 0.0117. The molecule has 4 aromatic rings. The van der Waals surface area contributed by atoms with E-state index in [4.69, 9.17) is 15.1 Å². The van der Waals surface area contributed by atoms with Gasteiger partial charge in [0.2, 0.25) is 5.16 Å². The number of aliphatic carboxylic acids is 1. The number of nitrogens with zero attached hydrogens (tertiary/aromatic N) is 9. The van der Waals surface area contributed by atoms with Crippen molar-refractivity contribution in [3.05, 3.63) is 56.7 Å². The Balaban J connectivity index is 1.15. The van der Waals surface area contributed by atoms with Gasteiger partial charge in [-0.05, 0) is 21.7 Å². The molecule has 47 heavy (non-hydrogen) atoms. The number of hydrogen-bond acceptors (Lipinski definition) is 18. The van der Waals surface area contributed by atoms with E-state index in [0.29, 0.717) is 21.7 Å². The van der Waals surface area contributed by atoms with Crippen LogP contribution in [0.15, 0.2) is 54.6 Å². The van der Waals surface area contributed by atoms with E-state index in [-0.39, 0.29) is 57.5 Å². The van der Waals surface area contributed by atoms with Gasteiger partial charge in [0.1, 0.15) is 34.2 Å². The molecule has 6 rings (SSSR count). The van der Waals surface area contributed by atoms with Crippen LogP contribution in [0, 0.1) is 0 Å². The van der Waals surface area contributed by atoms with Crippen LogP contribution in [0.5, 0.6) is 5.75 Å². The van der Waals surface area contributed by atoms with Crippen molar-refractivity contribution in [2.75, 3.05) is 17.2 Å². The number of aryl methyl sites for hydroxylation is 1. The molecule has 0 saturated carbocycles. The molecule has 1 fully saturated rings. The number of aromatic nitrogens is 7. The van der Waals surface area contributed by atoms with Crippen LogP contribution in [0.4, 0.5) is 5.13 Å². The minimum Gasteiger partial charge on any atom is -0.869 e. The lowest BCUT2D eigenvalue weighted by molar-refractivity contribution is -0.271. The van der Waals surface area contributed by atoms with Crippen molar-refractivity contribution in [1.82, 2.24) is 45.3 Å². The first kappa shape index (κ1) is 31.6. The van der Waals surface area contributed by atoms with Crippen LogP contribution in [0.2, 0.25) is 0 Å². The van der Waals surface area contributed by atoms with Crippen molar-refractivity contribution in [3.8, 4) is 17.1 Å². The Morgan fingerprint density at radius 3 is 2.85 bits per heavy atom. The van der Waals surface area contributed by atoms with Crippen LogP contribution in [0.1, 0.15) is 11.5 Å². The highest BCUT2D eigenvalue weighted by Crippen LogP contribution is 2.41. The molecule has 2 amide bonds. The number of β-lactam (4-membered cyclic amide) rings is 1. The van der Waals surface area contributed by atoms with E-state index in [9.17, 15) is 34.6 Å². The standard InChI is InChI=1S/C24H21N11O9S3/c1-33-24(28-31-32-33)47-7-9-6-45-21-17(20(39)35(21)18(9)22(40)41)27-19(38)16(12-8-46-23(25)26-12)30-43-5-10-2-11(29-44-10)13-3-14(36)15(37)4-34(13)42/h2-4,8,17,21,37,42H,5-7H2,1H3,(H2,25,26)(H,27,38)(H,40,41)/p-1/b30-16-/t17-,21-/m1/s1. The van der Waals surface area contributed by atoms with Gasteiger partial charge in [-0.2, -0.15) is 4.73 Å². The van der Waals surface area contributed by atoms with Crippen LogP contribution in [-0.4, -0.2) is 96.7 Å². The van der Waals surface area contributed by atoms with Gasteiger partial charge >= 0.3 is 5.97 Å². The quantitative estimate of drug-likeness (QED) is 0.0471. The van der Waals surface area contributed by atoms with Gasteiger partial charge in [-0.3, -0.25) is 19.3 Å². The highest BCUT2D eigenvalue weighted by Gasteiger charge is 2.54. The van der Waals surface area contributed by atoms with Crippen molar-refractivity contribution >= 4 is 63.5 Å². The summed E-state index contributed by atoms with van der Waals surface area (Å²) in [6, 6.07) is 1.13. The number of carboxylic acid groups (broad SMARTS) is 1. The summed E-state index contributed by atoms with van der Waals surface area (Å²) in [7, 11) is 1.65. The third kappa shape index (κ3) is 6.22. The third-order valence-electron chi connectivity index (χ3n) is 6.65. The number of anilines is 1. The fourth-order valence-electron chi connectivity index (χ4n) is 4.46. The van der Waals surface area contributed by atoms with Gasteiger partial charge in [-0.1, -0.05) is 22.1 Å². The molecule has 0 aliphatic carbocycles. The van der Waals surface area contributed by atoms with Crippen molar-refractivity contribution in [2.45, 2.75) is 23.2 Å². The van der Waals surface area contributed by atoms with Crippen LogP contribution >= 0.6 is 34.9 Å². The van der Waals surface area contributed by atoms with E-state index in [1.165, 1.54) is 39.7 Å².